The number of hydrogen-bond acceptors (Lipinski definition) is 2. The minimum absolute atomic E-state index is 0. The second-order valence-corrected chi connectivity index (χ2v) is 7.06. The zero-order chi connectivity index (χ0) is 7.68. The fraction of sp³-hybridized carbons (Fsp3) is 1.00. The zero-order valence-electron chi connectivity index (χ0n) is 6.46. The lowest BCUT2D eigenvalue weighted by molar-refractivity contribution is 0.532. The van der Waals surface area contributed by atoms with E-state index < -0.39 is 0 Å². The minimum atomic E-state index is 0. The molecule has 2 fully saturated rings. The predicted octanol–water partition coefficient (Wildman–Crippen LogP) is 5.02. The number of thioether (sulfide) groups is 2. The minimum Gasteiger partial charge on any atom is -0.142 e. The Hall–Kier alpha value is 1.18. The fourth-order valence-corrected chi connectivity index (χ4v) is 6.44. The highest BCUT2D eigenvalue weighted by molar-refractivity contribution is 9.09. The van der Waals surface area contributed by atoms with Crippen LogP contribution in [0.2, 0.25) is 0 Å². The maximum atomic E-state index is 3.57. The average Bonchev–Trinajstić information content (AvgIpc) is 2.46. The van der Waals surface area contributed by atoms with Crippen LogP contribution in [-0.4, -0.2) is 20.4 Å². The van der Waals surface area contributed by atoms with Gasteiger partial charge in [-0.2, -0.15) is 0 Å². The normalized spacial score (nSPS) is 37.2. The standard InChI is InChI=1S/C8H13BrS2.2CH4.H2/c9-5-8-10-6-3-1-2-4-7(6)11-8;;;/h6-8H,1-5H2;2*1H4;1H. The van der Waals surface area contributed by atoms with Gasteiger partial charge in [0.05, 0.1) is 4.58 Å². The summed E-state index contributed by atoms with van der Waals surface area (Å²) in [6, 6.07) is 0. The smallest absolute Gasteiger partial charge is 0.0605 e. The number of rotatable bonds is 1. The number of hydrogen-bond donors (Lipinski definition) is 0. The lowest BCUT2D eigenvalue weighted by Gasteiger charge is -2.22. The second-order valence-electron chi connectivity index (χ2n) is 3.22. The van der Waals surface area contributed by atoms with Crippen LogP contribution >= 0.6 is 39.5 Å². The molecular weight excluding hydrogens is 264 g/mol. The Labute approximate surface area is 102 Å². The molecule has 0 N–H and O–H groups in total. The SMILES string of the molecule is BrCC1SC2CCCCC2S1.C.C.[HH]. The molecule has 1 saturated heterocycles. The van der Waals surface area contributed by atoms with Crippen molar-refractivity contribution >= 4 is 39.5 Å². The van der Waals surface area contributed by atoms with Gasteiger partial charge in [0.25, 0.3) is 0 Å². The Morgan fingerprint density at radius 2 is 1.54 bits per heavy atom. The Morgan fingerprint density at radius 3 is 1.92 bits per heavy atom. The molecule has 1 aliphatic heterocycles. The highest BCUT2D eigenvalue weighted by Gasteiger charge is 2.36. The lowest BCUT2D eigenvalue weighted by Crippen LogP contribution is -2.19. The monoisotopic (exact) mass is 286 g/mol. The predicted molar refractivity (Wildman–Crippen MR) is 74.4 cm³/mol. The van der Waals surface area contributed by atoms with Gasteiger partial charge in [-0.1, -0.05) is 43.6 Å². The van der Waals surface area contributed by atoms with E-state index in [0.717, 1.165) is 15.1 Å². The maximum absolute atomic E-state index is 3.57. The first-order valence-corrected chi connectivity index (χ1v) is 7.28. The first-order valence-electron chi connectivity index (χ1n) is 4.27. The van der Waals surface area contributed by atoms with Crippen molar-refractivity contribution in [3.8, 4) is 0 Å². The van der Waals surface area contributed by atoms with Gasteiger partial charge in [0.2, 0.25) is 0 Å². The third-order valence-electron chi connectivity index (χ3n) is 2.42. The molecule has 1 heterocycles. The maximum Gasteiger partial charge on any atom is 0.0605 e. The molecule has 0 aromatic carbocycles. The first kappa shape index (κ1) is 14.2. The summed E-state index contributed by atoms with van der Waals surface area (Å²) in [4.78, 5) is 0. The number of halogens is 1. The second kappa shape index (κ2) is 6.62. The third kappa shape index (κ3) is 3.35. The Morgan fingerprint density at radius 1 is 1.08 bits per heavy atom. The summed E-state index contributed by atoms with van der Waals surface area (Å²) in [5.74, 6) is 0. The summed E-state index contributed by atoms with van der Waals surface area (Å²) in [5, 5.41) is 3.17. The van der Waals surface area contributed by atoms with Gasteiger partial charge in [0, 0.05) is 17.3 Å². The lowest BCUT2D eigenvalue weighted by atomic mass is 10.00. The molecule has 0 radical (unpaired) electrons. The van der Waals surface area contributed by atoms with E-state index in [1.165, 1.54) is 31.0 Å². The summed E-state index contributed by atoms with van der Waals surface area (Å²) < 4.78 is 0.850. The number of alkyl halides is 1. The Kier molecular flexibility index (Phi) is 7.23. The highest BCUT2D eigenvalue weighted by atomic mass is 79.9. The van der Waals surface area contributed by atoms with Crippen molar-refractivity contribution in [2.45, 2.75) is 55.6 Å². The van der Waals surface area contributed by atoms with E-state index in [2.05, 4.69) is 39.5 Å². The molecule has 0 amide bonds. The van der Waals surface area contributed by atoms with Crippen molar-refractivity contribution in [3.05, 3.63) is 0 Å². The summed E-state index contributed by atoms with van der Waals surface area (Å²) >= 11 is 7.99. The fourth-order valence-electron chi connectivity index (χ4n) is 1.87. The van der Waals surface area contributed by atoms with Crippen LogP contribution in [0.25, 0.3) is 0 Å². The van der Waals surface area contributed by atoms with E-state index in [1.807, 2.05) is 0 Å². The molecule has 13 heavy (non-hydrogen) atoms. The molecule has 0 nitrogen and oxygen atoms in total. The van der Waals surface area contributed by atoms with E-state index in [0.29, 0.717) is 0 Å². The van der Waals surface area contributed by atoms with Crippen LogP contribution < -0.4 is 0 Å². The molecule has 82 valence electrons. The van der Waals surface area contributed by atoms with Gasteiger partial charge in [-0.05, 0) is 12.8 Å². The molecule has 0 bridgehead atoms. The Bertz CT molecular complexity index is 132. The van der Waals surface area contributed by atoms with Crippen LogP contribution in [0.3, 0.4) is 0 Å². The van der Waals surface area contributed by atoms with Gasteiger partial charge in [-0.3, -0.25) is 0 Å². The Balaban J connectivity index is 0. The van der Waals surface area contributed by atoms with Crippen LogP contribution in [-0.2, 0) is 0 Å². The van der Waals surface area contributed by atoms with Crippen molar-refractivity contribution in [3.63, 3.8) is 0 Å². The first-order chi connectivity index (χ1) is 5.40. The van der Waals surface area contributed by atoms with Gasteiger partial charge in [0.15, 0.2) is 0 Å². The van der Waals surface area contributed by atoms with Crippen molar-refractivity contribution < 1.29 is 1.43 Å². The summed E-state index contributed by atoms with van der Waals surface area (Å²) in [6.07, 6.45) is 5.91. The van der Waals surface area contributed by atoms with Crippen LogP contribution in [0.4, 0.5) is 0 Å². The summed E-state index contributed by atoms with van der Waals surface area (Å²) in [6.45, 7) is 0. The number of fused-ring (bicyclic) bond motifs is 1. The average molecular weight is 287 g/mol. The molecular formula is C10H23BrS2. The van der Waals surface area contributed by atoms with Crippen molar-refractivity contribution in [2.24, 2.45) is 0 Å². The topological polar surface area (TPSA) is 0 Å². The molecule has 0 spiro atoms. The highest BCUT2D eigenvalue weighted by Crippen LogP contribution is 2.49. The summed E-state index contributed by atoms with van der Waals surface area (Å²) in [5.41, 5.74) is 0. The molecule has 2 unspecified atom stereocenters. The molecule has 0 aromatic heterocycles. The van der Waals surface area contributed by atoms with E-state index >= 15 is 0 Å². The van der Waals surface area contributed by atoms with Crippen molar-refractivity contribution in [1.29, 1.82) is 0 Å². The van der Waals surface area contributed by atoms with Gasteiger partial charge >= 0.3 is 0 Å². The van der Waals surface area contributed by atoms with E-state index in [1.54, 1.807) is 0 Å². The largest absolute Gasteiger partial charge is 0.142 e. The molecule has 2 rings (SSSR count). The molecule has 3 heteroatoms. The molecule has 1 saturated carbocycles. The zero-order valence-corrected chi connectivity index (χ0v) is 9.68. The third-order valence-corrected chi connectivity index (χ3v) is 7.53. The van der Waals surface area contributed by atoms with Gasteiger partial charge in [-0.25, -0.2) is 0 Å². The molecule has 0 aromatic rings. The molecule has 1 aliphatic carbocycles. The van der Waals surface area contributed by atoms with Crippen molar-refractivity contribution in [1.82, 2.24) is 0 Å². The molecule has 2 aliphatic rings. The van der Waals surface area contributed by atoms with E-state index in [4.69, 9.17) is 0 Å². The van der Waals surface area contributed by atoms with Crippen LogP contribution in [0, 0.1) is 0 Å². The van der Waals surface area contributed by atoms with Crippen molar-refractivity contribution in [2.75, 3.05) is 5.33 Å². The van der Waals surface area contributed by atoms with E-state index in [9.17, 15) is 0 Å². The van der Waals surface area contributed by atoms with Crippen LogP contribution in [0.1, 0.15) is 42.0 Å². The van der Waals surface area contributed by atoms with Gasteiger partial charge < -0.3 is 0 Å². The van der Waals surface area contributed by atoms with Crippen LogP contribution in [0.5, 0.6) is 0 Å². The molecule has 2 atom stereocenters. The van der Waals surface area contributed by atoms with Gasteiger partial charge in [0.1, 0.15) is 0 Å². The quantitative estimate of drug-likeness (QED) is 0.621. The van der Waals surface area contributed by atoms with Gasteiger partial charge in [-0.15, -0.1) is 23.5 Å². The van der Waals surface area contributed by atoms with Crippen LogP contribution in [0.15, 0.2) is 0 Å². The summed E-state index contributed by atoms with van der Waals surface area (Å²) in [7, 11) is 0. The van der Waals surface area contributed by atoms with E-state index in [-0.39, 0.29) is 16.3 Å².